The molecule has 154 valence electrons. The molecule has 0 spiro atoms. The van der Waals surface area contributed by atoms with Crippen LogP contribution in [0, 0.1) is 30.9 Å². The lowest BCUT2D eigenvalue weighted by Gasteiger charge is -2.12. The van der Waals surface area contributed by atoms with Crippen molar-refractivity contribution in [2.45, 2.75) is 26.7 Å². The smallest absolute Gasteiger partial charge is 0.273 e. The highest BCUT2D eigenvalue weighted by Gasteiger charge is 2.30. The summed E-state index contributed by atoms with van der Waals surface area (Å²) in [7, 11) is 0. The molecule has 0 atom stereocenters. The number of nitro groups is 1. The fourth-order valence-electron chi connectivity index (χ4n) is 3.66. The van der Waals surface area contributed by atoms with E-state index in [4.69, 9.17) is 4.42 Å². The van der Waals surface area contributed by atoms with Crippen LogP contribution in [-0.4, -0.2) is 25.3 Å². The van der Waals surface area contributed by atoms with E-state index < -0.39 is 10.8 Å². The van der Waals surface area contributed by atoms with Gasteiger partial charge in [-0.05, 0) is 32.9 Å². The van der Waals surface area contributed by atoms with Crippen LogP contribution in [0.15, 0.2) is 44.3 Å². The monoisotopic (exact) mass is 409 g/mol. The molecule has 3 aromatic heterocycles. The molecule has 0 aliphatic carbocycles. The molecule has 0 aliphatic heterocycles. The lowest BCUT2D eigenvalue weighted by atomic mass is 9.89. The number of nitrogens with one attached hydrogen (secondary N) is 4. The number of aromatic amines is 4. The molecular formula is C20H19N5O5. The van der Waals surface area contributed by atoms with Gasteiger partial charge in [-0.15, -0.1) is 0 Å². The van der Waals surface area contributed by atoms with Gasteiger partial charge >= 0.3 is 0 Å². The Morgan fingerprint density at radius 1 is 0.900 bits per heavy atom. The number of aromatic nitrogens is 4. The van der Waals surface area contributed by atoms with Gasteiger partial charge < -0.3 is 14.6 Å². The minimum Gasteiger partial charge on any atom is -0.460 e. The zero-order valence-corrected chi connectivity index (χ0v) is 16.5. The van der Waals surface area contributed by atoms with Crippen LogP contribution in [0.1, 0.15) is 39.8 Å². The third-order valence-corrected chi connectivity index (χ3v) is 5.20. The number of hydrogen-bond donors (Lipinski definition) is 4. The number of H-pyrrole nitrogens is 4. The highest BCUT2D eigenvalue weighted by molar-refractivity contribution is 5.63. The molecule has 0 amide bonds. The Balaban J connectivity index is 1.88. The van der Waals surface area contributed by atoms with E-state index >= 15 is 0 Å². The Morgan fingerprint density at radius 2 is 1.50 bits per heavy atom. The van der Waals surface area contributed by atoms with Crippen molar-refractivity contribution in [1.82, 2.24) is 20.4 Å². The summed E-state index contributed by atoms with van der Waals surface area (Å²) in [5.74, 6) is 0.00569. The first-order valence-electron chi connectivity index (χ1n) is 9.17. The van der Waals surface area contributed by atoms with E-state index in [0.717, 1.165) is 0 Å². The van der Waals surface area contributed by atoms with Crippen molar-refractivity contribution in [2.24, 2.45) is 0 Å². The maximum absolute atomic E-state index is 12.5. The molecule has 1 aromatic carbocycles. The van der Waals surface area contributed by atoms with Crippen LogP contribution in [-0.2, 0) is 0 Å². The number of benzene rings is 1. The Bertz CT molecular complexity index is 1310. The Hall–Kier alpha value is -4.08. The van der Waals surface area contributed by atoms with Crippen molar-refractivity contribution in [3.8, 4) is 11.3 Å². The summed E-state index contributed by atoms with van der Waals surface area (Å²) in [4.78, 5) is 35.8. The maximum atomic E-state index is 12.5. The zero-order valence-electron chi connectivity index (χ0n) is 16.5. The van der Waals surface area contributed by atoms with Crippen LogP contribution in [0.4, 0.5) is 5.69 Å². The molecule has 4 aromatic rings. The lowest BCUT2D eigenvalue weighted by molar-refractivity contribution is -0.385. The standard InChI is InChI=1S/C20H19N5O5/c1-9-4-5-12(8-13(9)25(28)29)14-6-7-15(30-14)18(16-10(2)21-23-19(16)26)17-11(3)22-24-20(17)27/h4-8,18H,1-3H3,(H2,21,23,26)(H2,22,24,27). The molecule has 0 radical (unpaired) electrons. The zero-order chi connectivity index (χ0) is 21.6. The number of hydrogen-bond acceptors (Lipinski definition) is 5. The second-order valence-electron chi connectivity index (χ2n) is 7.13. The summed E-state index contributed by atoms with van der Waals surface area (Å²) in [6.45, 7) is 5.11. The van der Waals surface area contributed by atoms with Gasteiger partial charge in [0, 0.05) is 28.6 Å². The van der Waals surface area contributed by atoms with Crippen molar-refractivity contribution in [3.63, 3.8) is 0 Å². The molecular weight excluding hydrogens is 390 g/mol. The highest BCUT2D eigenvalue weighted by atomic mass is 16.6. The Kier molecular flexibility index (Phi) is 4.53. The molecule has 10 nitrogen and oxygen atoms in total. The molecule has 10 heteroatoms. The van der Waals surface area contributed by atoms with E-state index in [1.807, 2.05) is 0 Å². The molecule has 0 aliphatic rings. The first-order chi connectivity index (χ1) is 14.3. The van der Waals surface area contributed by atoms with Gasteiger partial charge in [0.05, 0.1) is 22.0 Å². The van der Waals surface area contributed by atoms with Gasteiger partial charge in [0.2, 0.25) is 0 Å². The van der Waals surface area contributed by atoms with E-state index in [2.05, 4.69) is 20.4 Å². The lowest BCUT2D eigenvalue weighted by Crippen LogP contribution is -2.19. The second-order valence-corrected chi connectivity index (χ2v) is 7.13. The molecule has 0 unspecified atom stereocenters. The molecule has 3 heterocycles. The quantitative estimate of drug-likeness (QED) is 0.295. The van der Waals surface area contributed by atoms with E-state index in [0.29, 0.717) is 45.2 Å². The van der Waals surface area contributed by atoms with Gasteiger partial charge in [-0.3, -0.25) is 29.9 Å². The number of rotatable bonds is 5. The second kappa shape index (κ2) is 7.07. The molecule has 0 bridgehead atoms. The fraction of sp³-hybridized carbons (Fsp3) is 0.200. The van der Waals surface area contributed by atoms with Gasteiger partial charge in [0.15, 0.2) is 0 Å². The summed E-state index contributed by atoms with van der Waals surface area (Å²) >= 11 is 0. The Labute approximate surface area is 169 Å². The van der Waals surface area contributed by atoms with Gasteiger partial charge in [-0.2, -0.15) is 0 Å². The van der Waals surface area contributed by atoms with Crippen molar-refractivity contribution < 1.29 is 9.34 Å². The average Bonchev–Trinajstić information content (AvgIpc) is 3.40. The molecule has 0 saturated carbocycles. The van der Waals surface area contributed by atoms with Crippen LogP contribution >= 0.6 is 0 Å². The first-order valence-corrected chi connectivity index (χ1v) is 9.17. The van der Waals surface area contributed by atoms with Crippen LogP contribution in [0.2, 0.25) is 0 Å². The van der Waals surface area contributed by atoms with Gasteiger partial charge in [0.1, 0.15) is 11.5 Å². The summed E-state index contributed by atoms with van der Waals surface area (Å²) in [5, 5.41) is 21.9. The topological polar surface area (TPSA) is 154 Å². The van der Waals surface area contributed by atoms with Crippen LogP contribution in [0.3, 0.4) is 0 Å². The number of nitrogens with zero attached hydrogens (tertiary/aromatic N) is 1. The van der Waals surface area contributed by atoms with Crippen molar-refractivity contribution in [2.75, 3.05) is 0 Å². The largest absolute Gasteiger partial charge is 0.460 e. The van der Waals surface area contributed by atoms with Crippen LogP contribution < -0.4 is 11.1 Å². The third kappa shape index (κ3) is 3.08. The minimum absolute atomic E-state index is 0.0159. The van der Waals surface area contributed by atoms with Crippen LogP contribution in [0.25, 0.3) is 11.3 Å². The highest BCUT2D eigenvalue weighted by Crippen LogP contribution is 2.35. The SMILES string of the molecule is Cc1ccc(-c2ccc(C(c3c(C)[nH][nH]c3=O)c3c(C)[nH][nH]c3=O)o2)cc1[N+](=O)[O-]. The van der Waals surface area contributed by atoms with Gasteiger partial charge in [0.25, 0.3) is 16.8 Å². The van der Waals surface area contributed by atoms with Gasteiger partial charge in [-0.25, -0.2) is 0 Å². The van der Waals surface area contributed by atoms with E-state index in [9.17, 15) is 19.7 Å². The third-order valence-electron chi connectivity index (χ3n) is 5.20. The first kappa shape index (κ1) is 19.2. The molecule has 4 rings (SSSR count). The molecule has 0 saturated heterocycles. The van der Waals surface area contributed by atoms with Crippen molar-refractivity contribution >= 4 is 5.69 Å². The maximum Gasteiger partial charge on any atom is 0.273 e. The van der Waals surface area contributed by atoms with Crippen molar-refractivity contribution in [3.05, 3.63) is 95.0 Å². The summed E-state index contributed by atoms with van der Waals surface area (Å²) in [6, 6.07) is 8.15. The minimum atomic E-state index is -0.760. The molecule has 30 heavy (non-hydrogen) atoms. The summed E-state index contributed by atoms with van der Waals surface area (Å²) in [5.41, 5.74) is 2.20. The van der Waals surface area contributed by atoms with Crippen LogP contribution in [0.5, 0.6) is 0 Å². The average molecular weight is 409 g/mol. The molecule has 4 N–H and O–H groups in total. The summed E-state index contributed by atoms with van der Waals surface area (Å²) in [6.07, 6.45) is 0. The predicted octanol–water partition coefficient (Wildman–Crippen LogP) is 2.99. The van der Waals surface area contributed by atoms with Crippen molar-refractivity contribution in [1.29, 1.82) is 0 Å². The van der Waals surface area contributed by atoms with E-state index in [1.54, 1.807) is 45.0 Å². The summed E-state index contributed by atoms with van der Waals surface area (Å²) < 4.78 is 6.02. The number of aryl methyl sites for hydroxylation is 3. The van der Waals surface area contributed by atoms with E-state index in [-0.39, 0.29) is 16.8 Å². The Morgan fingerprint density at radius 3 is 2.00 bits per heavy atom. The van der Waals surface area contributed by atoms with Gasteiger partial charge in [-0.1, -0.05) is 12.1 Å². The number of nitro benzene ring substituents is 1. The number of furan rings is 1. The fourth-order valence-corrected chi connectivity index (χ4v) is 3.66. The molecule has 0 fully saturated rings. The van der Waals surface area contributed by atoms with E-state index in [1.165, 1.54) is 6.07 Å². The normalized spacial score (nSPS) is 11.3. The predicted molar refractivity (Wildman–Crippen MR) is 109 cm³/mol.